The lowest BCUT2D eigenvalue weighted by molar-refractivity contribution is -0.134. The highest BCUT2D eigenvalue weighted by atomic mass is 16.5. The number of ether oxygens (including phenoxy) is 1. The van der Waals surface area contributed by atoms with E-state index in [1.54, 1.807) is 0 Å². The number of carbonyl (C=O) groups is 1. The summed E-state index contributed by atoms with van der Waals surface area (Å²) in [4.78, 5) is 26.8. The second-order valence-electron chi connectivity index (χ2n) is 9.52. The zero-order chi connectivity index (χ0) is 22.7. The van der Waals surface area contributed by atoms with Crippen molar-refractivity contribution in [1.82, 2.24) is 19.8 Å². The molecule has 4 rings (SSSR count). The standard InChI is InChI=1S/C26H36N4O2/c1-18(2)22-7-5-21(6-8-22)16-29-10-9-23(17-29)26-27-19(3)24(20(4)28-26)15-25(31)30-11-13-32-14-12-30/h5-8,18,23H,9-17H2,1-4H3/t23-/m1/s1. The minimum atomic E-state index is 0.145. The average molecular weight is 437 g/mol. The van der Waals surface area contributed by atoms with Crippen molar-refractivity contribution < 1.29 is 9.53 Å². The van der Waals surface area contributed by atoms with Crippen molar-refractivity contribution in [3.8, 4) is 0 Å². The van der Waals surface area contributed by atoms with Crippen LogP contribution in [0.2, 0.25) is 0 Å². The number of hydrogen-bond acceptors (Lipinski definition) is 5. The van der Waals surface area contributed by atoms with E-state index in [-0.39, 0.29) is 5.91 Å². The van der Waals surface area contributed by atoms with Crippen LogP contribution in [0.3, 0.4) is 0 Å². The molecular formula is C26H36N4O2. The van der Waals surface area contributed by atoms with E-state index in [9.17, 15) is 4.79 Å². The molecule has 0 bridgehead atoms. The van der Waals surface area contributed by atoms with Crippen LogP contribution in [0.5, 0.6) is 0 Å². The maximum Gasteiger partial charge on any atom is 0.227 e. The second kappa shape index (κ2) is 10.1. The van der Waals surface area contributed by atoms with Gasteiger partial charge in [-0.2, -0.15) is 0 Å². The normalized spacial score (nSPS) is 19.7. The van der Waals surface area contributed by atoms with Crippen LogP contribution in [-0.2, 0) is 22.5 Å². The van der Waals surface area contributed by atoms with Gasteiger partial charge in [0.15, 0.2) is 0 Å². The molecule has 0 aliphatic carbocycles. The van der Waals surface area contributed by atoms with Gasteiger partial charge in [0, 0.05) is 49.0 Å². The van der Waals surface area contributed by atoms with Gasteiger partial charge in [-0.3, -0.25) is 9.69 Å². The zero-order valence-corrected chi connectivity index (χ0v) is 19.9. The van der Waals surface area contributed by atoms with E-state index in [0.717, 1.165) is 48.8 Å². The highest BCUT2D eigenvalue weighted by molar-refractivity contribution is 5.79. The molecule has 32 heavy (non-hydrogen) atoms. The molecule has 0 spiro atoms. The molecule has 172 valence electrons. The van der Waals surface area contributed by atoms with E-state index in [2.05, 4.69) is 43.0 Å². The number of rotatable bonds is 6. The quantitative estimate of drug-likeness (QED) is 0.692. The molecule has 0 N–H and O–H groups in total. The fourth-order valence-electron chi connectivity index (χ4n) is 4.73. The largest absolute Gasteiger partial charge is 0.378 e. The van der Waals surface area contributed by atoms with Crippen molar-refractivity contribution in [3.05, 3.63) is 58.2 Å². The number of nitrogens with zero attached hydrogens (tertiary/aromatic N) is 4. The van der Waals surface area contributed by atoms with Gasteiger partial charge < -0.3 is 9.64 Å². The first kappa shape index (κ1) is 22.9. The van der Waals surface area contributed by atoms with Crippen molar-refractivity contribution in [2.45, 2.75) is 58.9 Å². The highest BCUT2D eigenvalue weighted by Gasteiger charge is 2.27. The minimum absolute atomic E-state index is 0.145. The smallest absolute Gasteiger partial charge is 0.227 e. The lowest BCUT2D eigenvalue weighted by atomic mass is 10.0. The van der Waals surface area contributed by atoms with Crippen molar-refractivity contribution in [3.63, 3.8) is 0 Å². The number of amides is 1. The van der Waals surface area contributed by atoms with Crippen molar-refractivity contribution in [2.75, 3.05) is 39.4 Å². The van der Waals surface area contributed by atoms with Crippen molar-refractivity contribution in [2.24, 2.45) is 0 Å². The molecule has 2 aliphatic heterocycles. The topological polar surface area (TPSA) is 58.6 Å². The number of aryl methyl sites for hydroxylation is 2. The second-order valence-corrected chi connectivity index (χ2v) is 9.52. The summed E-state index contributed by atoms with van der Waals surface area (Å²) in [6.45, 7) is 14.1. The van der Waals surface area contributed by atoms with Gasteiger partial charge in [-0.1, -0.05) is 38.1 Å². The lowest BCUT2D eigenvalue weighted by Gasteiger charge is -2.27. The summed E-state index contributed by atoms with van der Waals surface area (Å²) in [5, 5.41) is 0. The fourth-order valence-corrected chi connectivity index (χ4v) is 4.73. The van der Waals surface area contributed by atoms with Gasteiger partial charge >= 0.3 is 0 Å². The molecule has 1 amide bonds. The van der Waals surface area contributed by atoms with E-state index in [4.69, 9.17) is 14.7 Å². The summed E-state index contributed by atoms with van der Waals surface area (Å²) < 4.78 is 5.36. The van der Waals surface area contributed by atoms with Gasteiger partial charge in [0.2, 0.25) is 5.91 Å². The summed E-state index contributed by atoms with van der Waals surface area (Å²) >= 11 is 0. The molecule has 3 heterocycles. The number of likely N-dealkylation sites (tertiary alicyclic amines) is 1. The lowest BCUT2D eigenvalue weighted by Crippen LogP contribution is -2.41. The van der Waals surface area contributed by atoms with Gasteiger partial charge in [0.05, 0.1) is 19.6 Å². The molecule has 1 aromatic carbocycles. The van der Waals surface area contributed by atoms with Crippen molar-refractivity contribution >= 4 is 5.91 Å². The highest BCUT2D eigenvalue weighted by Crippen LogP contribution is 2.28. The molecular weight excluding hydrogens is 400 g/mol. The Morgan fingerprint density at radius 3 is 2.34 bits per heavy atom. The number of benzene rings is 1. The van der Waals surface area contributed by atoms with Crippen LogP contribution in [0.25, 0.3) is 0 Å². The summed E-state index contributed by atoms with van der Waals surface area (Å²) in [6, 6.07) is 9.02. The number of aromatic nitrogens is 2. The number of morpholine rings is 1. The number of carbonyl (C=O) groups excluding carboxylic acids is 1. The molecule has 1 atom stereocenters. The van der Waals surface area contributed by atoms with E-state index in [1.165, 1.54) is 11.1 Å². The Labute approximate surface area is 192 Å². The van der Waals surface area contributed by atoms with Crippen LogP contribution in [0.15, 0.2) is 24.3 Å². The van der Waals surface area contributed by atoms with E-state index < -0.39 is 0 Å². The maximum absolute atomic E-state index is 12.7. The third-order valence-electron chi connectivity index (χ3n) is 6.82. The van der Waals surface area contributed by atoms with E-state index in [1.807, 2.05) is 18.7 Å². The van der Waals surface area contributed by atoms with Crippen LogP contribution in [0.1, 0.15) is 66.0 Å². The SMILES string of the molecule is Cc1nc([C@@H]2CCN(Cc3ccc(C(C)C)cc3)C2)nc(C)c1CC(=O)N1CCOCC1. The Kier molecular flexibility index (Phi) is 7.21. The molecule has 2 saturated heterocycles. The molecule has 0 saturated carbocycles. The molecule has 0 radical (unpaired) electrons. The monoisotopic (exact) mass is 436 g/mol. The van der Waals surface area contributed by atoms with Gasteiger partial charge in [-0.15, -0.1) is 0 Å². The zero-order valence-electron chi connectivity index (χ0n) is 19.9. The average Bonchev–Trinajstić information content (AvgIpc) is 3.25. The van der Waals surface area contributed by atoms with Gasteiger partial charge in [-0.25, -0.2) is 9.97 Å². The Bertz CT molecular complexity index is 912. The van der Waals surface area contributed by atoms with Crippen LogP contribution >= 0.6 is 0 Å². The van der Waals surface area contributed by atoms with Crippen LogP contribution in [0.4, 0.5) is 0 Å². The first-order valence-electron chi connectivity index (χ1n) is 11.9. The summed E-state index contributed by atoms with van der Waals surface area (Å²) in [5.74, 6) is 1.99. The van der Waals surface area contributed by atoms with Gasteiger partial charge in [0.1, 0.15) is 5.82 Å². The van der Waals surface area contributed by atoms with E-state index in [0.29, 0.717) is 44.6 Å². The van der Waals surface area contributed by atoms with Crippen LogP contribution < -0.4 is 0 Å². The third-order valence-corrected chi connectivity index (χ3v) is 6.82. The summed E-state index contributed by atoms with van der Waals surface area (Å²) in [6.07, 6.45) is 1.45. The predicted octanol–water partition coefficient (Wildman–Crippen LogP) is 3.61. The Hall–Kier alpha value is -2.31. The fraction of sp³-hybridized carbons (Fsp3) is 0.577. The van der Waals surface area contributed by atoms with Gasteiger partial charge in [-0.05, 0) is 43.9 Å². The molecule has 2 aromatic rings. The first-order chi connectivity index (χ1) is 15.4. The van der Waals surface area contributed by atoms with Gasteiger partial charge in [0.25, 0.3) is 0 Å². The molecule has 6 nitrogen and oxygen atoms in total. The molecule has 2 aliphatic rings. The first-order valence-corrected chi connectivity index (χ1v) is 11.9. The predicted molar refractivity (Wildman–Crippen MR) is 126 cm³/mol. The minimum Gasteiger partial charge on any atom is -0.378 e. The number of hydrogen-bond donors (Lipinski definition) is 0. The molecule has 2 fully saturated rings. The molecule has 1 aromatic heterocycles. The summed E-state index contributed by atoms with van der Waals surface area (Å²) in [5.41, 5.74) is 5.61. The van der Waals surface area contributed by atoms with Crippen LogP contribution in [0, 0.1) is 13.8 Å². The molecule has 6 heteroatoms. The van der Waals surface area contributed by atoms with Crippen molar-refractivity contribution in [1.29, 1.82) is 0 Å². The Morgan fingerprint density at radius 2 is 1.72 bits per heavy atom. The third kappa shape index (κ3) is 5.36. The Morgan fingerprint density at radius 1 is 1.06 bits per heavy atom. The van der Waals surface area contributed by atoms with E-state index >= 15 is 0 Å². The Balaban J connectivity index is 1.38. The molecule has 0 unspecified atom stereocenters. The maximum atomic E-state index is 12.7. The summed E-state index contributed by atoms with van der Waals surface area (Å²) in [7, 11) is 0. The van der Waals surface area contributed by atoms with Crippen LogP contribution in [-0.4, -0.2) is 65.1 Å².